The molecule has 351 valence electrons. The molecule has 1 radical (unpaired) electrons. The SMILES string of the molecule is O=C(O)c1ccc(-c2ccccc2-c2cc(-c3ccccc3-c3c[c-]c(-c4ccc(-c5nc(-c6ccccc6)nc(-c6ccccc6)n5)cn4)cc3)cc(-c3ccccc3-c3ccc(C(=O)O)nc3)c2)cn1.[Ir]. The van der Waals surface area contributed by atoms with Crippen molar-refractivity contribution >= 4 is 11.9 Å². The molecule has 0 saturated heterocycles. The van der Waals surface area contributed by atoms with Crippen LogP contribution >= 0.6 is 0 Å². The molecular formula is C62H39IrN6O4-. The summed E-state index contributed by atoms with van der Waals surface area (Å²) in [5.74, 6) is -0.508. The summed E-state index contributed by atoms with van der Waals surface area (Å²) in [6.07, 6.45) is 4.97. The normalized spacial score (nSPS) is 10.8. The van der Waals surface area contributed by atoms with Gasteiger partial charge in [-0.15, -0.1) is 29.8 Å². The molecular weight excluding hydrogens is 1080 g/mol. The zero-order valence-corrected chi connectivity index (χ0v) is 41.0. The molecule has 11 heteroatoms. The number of aromatic carboxylic acids is 2. The number of aromatic nitrogens is 6. The van der Waals surface area contributed by atoms with Crippen LogP contribution in [0.4, 0.5) is 0 Å². The van der Waals surface area contributed by atoms with E-state index in [9.17, 15) is 19.8 Å². The molecule has 0 aliphatic heterocycles. The van der Waals surface area contributed by atoms with Gasteiger partial charge in [-0.1, -0.05) is 169 Å². The van der Waals surface area contributed by atoms with Gasteiger partial charge in [0.05, 0.1) is 0 Å². The number of carbonyl (C=O) groups is 2. The van der Waals surface area contributed by atoms with E-state index in [1.165, 1.54) is 12.1 Å². The zero-order chi connectivity index (χ0) is 49.0. The quantitative estimate of drug-likeness (QED) is 0.113. The van der Waals surface area contributed by atoms with E-state index in [0.717, 1.165) is 94.7 Å². The molecule has 11 rings (SSSR count). The number of carboxylic acids is 2. The monoisotopic (exact) mass is 1120 g/mol. The Hall–Kier alpha value is -9.41. The Morgan fingerprint density at radius 1 is 0.342 bits per heavy atom. The standard InChI is InChI=1S/C62H39N6O4.Ir/c69-61(70)56-31-27-43(36-64-56)50-18-8-11-21-53(50)47-33-46(34-48(35-47)54-22-12-9-19-51(54)44-28-32-57(62(71)72)65-37-44)52-20-10-7-17-49(52)39-23-25-40(26-24-39)55-30-29-45(38-63-55)60-67-58(41-13-3-1-4-14-41)66-59(68-60)42-15-5-2-6-16-42;/h1-25,27-38H,(H,69,70)(H,71,72);/q-1;. The first-order chi connectivity index (χ1) is 35.3. The number of rotatable bonds is 12. The van der Waals surface area contributed by atoms with Crippen molar-refractivity contribution in [2.45, 2.75) is 0 Å². The van der Waals surface area contributed by atoms with Gasteiger partial charge in [-0.25, -0.2) is 34.5 Å². The minimum absolute atomic E-state index is 0. The molecule has 2 N–H and O–H groups in total. The van der Waals surface area contributed by atoms with Crippen molar-refractivity contribution in [2.75, 3.05) is 0 Å². The van der Waals surface area contributed by atoms with Crippen LogP contribution in [0, 0.1) is 6.07 Å². The van der Waals surface area contributed by atoms with Crippen LogP contribution in [0.3, 0.4) is 0 Å². The number of hydrogen-bond donors (Lipinski definition) is 2. The summed E-state index contributed by atoms with van der Waals surface area (Å²) in [7, 11) is 0. The molecule has 73 heavy (non-hydrogen) atoms. The van der Waals surface area contributed by atoms with E-state index in [4.69, 9.17) is 19.9 Å². The van der Waals surface area contributed by atoms with Gasteiger partial charge in [0.25, 0.3) is 0 Å². The van der Waals surface area contributed by atoms with Gasteiger partial charge in [0.1, 0.15) is 11.4 Å². The van der Waals surface area contributed by atoms with E-state index in [2.05, 4.69) is 64.6 Å². The number of carboxylic acid groups (broad SMARTS) is 2. The van der Waals surface area contributed by atoms with Crippen LogP contribution in [0.25, 0.3) is 112 Å². The Kier molecular flexibility index (Phi) is 13.5. The van der Waals surface area contributed by atoms with Crippen LogP contribution < -0.4 is 0 Å². The maximum absolute atomic E-state index is 11.7. The predicted octanol–water partition coefficient (Wildman–Crippen LogP) is 13.9. The number of hydrogen-bond acceptors (Lipinski definition) is 8. The van der Waals surface area contributed by atoms with Crippen molar-refractivity contribution in [2.24, 2.45) is 0 Å². The van der Waals surface area contributed by atoms with Crippen LogP contribution in [0.1, 0.15) is 21.0 Å². The Morgan fingerprint density at radius 2 is 0.699 bits per heavy atom. The number of benzene rings is 7. The van der Waals surface area contributed by atoms with Gasteiger partial charge in [-0.3, -0.25) is 0 Å². The van der Waals surface area contributed by atoms with Crippen LogP contribution in [-0.4, -0.2) is 52.1 Å². The molecule has 0 atom stereocenters. The molecule has 10 nitrogen and oxygen atoms in total. The molecule has 4 aromatic heterocycles. The van der Waals surface area contributed by atoms with Crippen molar-refractivity contribution in [3.05, 3.63) is 242 Å². The summed E-state index contributed by atoms with van der Waals surface area (Å²) in [5.41, 5.74) is 14.9. The van der Waals surface area contributed by atoms with E-state index in [0.29, 0.717) is 17.5 Å². The summed E-state index contributed by atoms with van der Waals surface area (Å²) in [6.45, 7) is 0. The second-order valence-electron chi connectivity index (χ2n) is 16.9. The first kappa shape index (κ1) is 47.3. The topological polar surface area (TPSA) is 152 Å². The van der Waals surface area contributed by atoms with E-state index in [1.807, 2.05) is 133 Å². The Labute approximate surface area is 433 Å². The molecule has 0 unspecified atom stereocenters. The van der Waals surface area contributed by atoms with E-state index in [-0.39, 0.29) is 31.5 Å². The van der Waals surface area contributed by atoms with Gasteiger partial charge >= 0.3 is 11.9 Å². The molecule has 0 aliphatic carbocycles. The second kappa shape index (κ2) is 20.9. The zero-order valence-electron chi connectivity index (χ0n) is 38.6. The fourth-order valence-corrected chi connectivity index (χ4v) is 8.79. The average molecular weight is 1120 g/mol. The summed E-state index contributed by atoms with van der Waals surface area (Å²) >= 11 is 0. The fraction of sp³-hybridized carbons (Fsp3) is 0. The van der Waals surface area contributed by atoms with Gasteiger partial charge in [-0.05, 0) is 80.5 Å². The van der Waals surface area contributed by atoms with Gasteiger partial charge in [-0.2, -0.15) is 0 Å². The Morgan fingerprint density at radius 3 is 1.05 bits per heavy atom. The van der Waals surface area contributed by atoms with Crippen molar-refractivity contribution in [3.63, 3.8) is 0 Å². The molecule has 0 fully saturated rings. The average Bonchev–Trinajstić information content (AvgIpc) is 3.45. The van der Waals surface area contributed by atoms with Gasteiger partial charge in [0.15, 0.2) is 17.5 Å². The van der Waals surface area contributed by atoms with Crippen molar-refractivity contribution < 1.29 is 39.9 Å². The molecule has 0 spiro atoms. The van der Waals surface area contributed by atoms with Crippen molar-refractivity contribution in [1.82, 2.24) is 29.9 Å². The second-order valence-corrected chi connectivity index (χ2v) is 16.9. The third-order valence-corrected chi connectivity index (χ3v) is 12.4. The summed E-state index contributed by atoms with van der Waals surface area (Å²) in [5, 5.41) is 19.2. The maximum Gasteiger partial charge on any atom is 0.354 e. The van der Waals surface area contributed by atoms with Gasteiger partial charge in [0, 0.05) is 66.5 Å². The first-order valence-corrected chi connectivity index (χ1v) is 23.0. The smallest absolute Gasteiger partial charge is 0.354 e. The van der Waals surface area contributed by atoms with Crippen LogP contribution in [0.15, 0.2) is 225 Å². The Bertz CT molecular complexity index is 3610. The molecule has 4 heterocycles. The number of nitrogens with zero attached hydrogens (tertiary/aromatic N) is 6. The van der Waals surface area contributed by atoms with Crippen molar-refractivity contribution in [3.8, 4) is 112 Å². The Balaban J connectivity index is 0.00000611. The van der Waals surface area contributed by atoms with Gasteiger partial charge < -0.3 is 15.2 Å². The van der Waals surface area contributed by atoms with Crippen LogP contribution in [0.5, 0.6) is 0 Å². The van der Waals surface area contributed by atoms with E-state index in [1.54, 1.807) is 30.7 Å². The molecule has 11 aromatic rings. The number of pyridine rings is 3. The largest absolute Gasteiger partial charge is 0.477 e. The predicted molar refractivity (Wildman–Crippen MR) is 280 cm³/mol. The van der Waals surface area contributed by atoms with E-state index >= 15 is 0 Å². The minimum atomic E-state index is -1.09. The molecule has 0 saturated carbocycles. The van der Waals surface area contributed by atoms with Crippen LogP contribution in [0.2, 0.25) is 0 Å². The fourth-order valence-electron chi connectivity index (χ4n) is 8.79. The maximum atomic E-state index is 11.7. The third kappa shape index (κ3) is 10.00. The minimum Gasteiger partial charge on any atom is -0.477 e. The molecule has 7 aromatic carbocycles. The van der Waals surface area contributed by atoms with Crippen molar-refractivity contribution in [1.29, 1.82) is 0 Å². The molecule has 0 bridgehead atoms. The molecule has 0 amide bonds. The summed E-state index contributed by atoms with van der Waals surface area (Å²) in [6, 6.07) is 70.6. The van der Waals surface area contributed by atoms with Gasteiger partial charge in [0.2, 0.25) is 0 Å². The summed E-state index contributed by atoms with van der Waals surface area (Å²) < 4.78 is 0. The van der Waals surface area contributed by atoms with E-state index < -0.39 is 11.9 Å². The summed E-state index contributed by atoms with van der Waals surface area (Å²) in [4.78, 5) is 51.3. The first-order valence-electron chi connectivity index (χ1n) is 23.0. The molecule has 0 aliphatic rings. The third-order valence-electron chi connectivity index (χ3n) is 12.4. The van der Waals surface area contributed by atoms with Crippen LogP contribution in [-0.2, 0) is 20.1 Å².